The van der Waals surface area contributed by atoms with Crippen molar-refractivity contribution in [1.82, 2.24) is 4.31 Å². The van der Waals surface area contributed by atoms with Crippen molar-refractivity contribution in [3.05, 3.63) is 59.4 Å². The SMILES string of the molecule is O=C(Nc1ccc(F)c(F)c1)c1ccc(F)c(S(=O)(=O)N2CCC(F)CC(O)C2)c1. The van der Waals surface area contributed by atoms with Gasteiger partial charge in [-0.05, 0) is 36.8 Å². The number of aliphatic hydroxyl groups excluding tert-OH is 1. The summed E-state index contributed by atoms with van der Waals surface area (Å²) in [5.41, 5.74) is -0.337. The summed E-state index contributed by atoms with van der Waals surface area (Å²) >= 11 is 0. The van der Waals surface area contributed by atoms with Gasteiger partial charge in [0.15, 0.2) is 11.6 Å². The van der Waals surface area contributed by atoms with Crippen molar-refractivity contribution in [2.24, 2.45) is 0 Å². The van der Waals surface area contributed by atoms with Gasteiger partial charge in [0.1, 0.15) is 16.9 Å². The Balaban J connectivity index is 1.88. The minimum atomic E-state index is -4.47. The lowest BCUT2D eigenvalue weighted by atomic mass is 10.1. The van der Waals surface area contributed by atoms with Crippen LogP contribution in [0, 0.1) is 17.5 Å². The molecule has 2 unspecified atom stereocenters. The van der Waals surface area contributed by atoms with E-state index < -0.39 is 57.1 Å². The lowest BCUT2D eigenvalue weighted by molar-refractivity contribution is 0.102. The average molecular weight is 446 g/mol. The predicted molar refractivity (Wildman–Crippen MR) is 99.6 cm³/mol. The molecule has 162 valence electrons. The zero-order valence-electron chi connectivity index (χ0n) is 15.5. The van der Waals surface area contributed by atoms with Crippen LogP contribution in [0.1, 0.15) is 23.2 Å². The molecule has 1 saturated heterocycles. The molecule has 0 saturated carbocycles. The molecule has 0 spiro atoms. The summed E-state index contributed by atoms with van der Waals surface area (Å²) in [5.74, 6) is -4.31. The normalized spacial score (nSPS) is 20.6. The molecule has 3 rings (SSSR count). The first kappa shape index (κ1) is 22.2. The van der Waals surface area contributed by atoms with E-state index in [4.69, 9.17) is 0 Å². The van der Waals surface area contributed by atoms with Crippen LogP contribution < -0.4 is 5.32 Å². The number of carbonyl (C=O) groups is 1. The second-order valence-corrected chi connectivity index (χ2v) is 8.77. The van der Waals surface area contributed by atoms with Gasteiger partial charge in [-0.3, -0.25) is 4.79 Å². The van der Waals surface area contributed by atoms with E-state index in [1.807, 2.05) is 0 Å². The van der Waals surface area contributed by atoms with E-state index >= 15 is 0 Å². The summed E-state index contributed by atoms with van der Waals surface area (Å²) in [4.78, 5) is 11.6. The molecule has 2 atom stereocenters. The van der Waals surface area contributed by atoms with Gasteiger partial charge in [0, 0.05) is 36.8 Å². The number of hydrogen-bond donors (Lipinski definition) is 2. The molecule has 11 heteroatoms. The van der Waals surface area contributed by atoms with Crippen LogP contribution in [-0.4, -0.2) is 49.1 Å². The van der Waals surface area contributed by atoms with Crippen molar-refractivity contribution in [2.75, 3.05) is 18.4 Å². The second-order valence-electron chi connectivity index (χ2n) is 6.87. The number of halogens is 4. The summed E-state index contributed by atoms with van der Waals surface area (Å²) in [6.45, 7) is -0.668. The molecule has 1 aliphatic rings. The van der Waals surface area contributed by atoms with Crippen LogP contribution in [0.25, 0.3) is 0 Å². The van der Waals surface area contributed by atoms with E-state index in [2.05, 4.69) is 5.32 Å². The third-order valence-electron chi connectivity index (χ3n) is 4.62. The van der Waals surface area contributed by atoms with E-state index in [1.165, 1.54) is 0 Å². The van der Waals surface area contributed by atoms with Gasteiger partial charge in [-0.25, -0.2) is 26.0 Å². The largest absolute Gasteiger partial charge is 0.392 e. The highest BCUT2D eigenvalue weighted by atomic mass is 32.2. The first-order chi connectivity index (χ1) is 14.1. The fourth-order valence-corrected chi connectivity index (χ4v) is 4.66. The molecule has 0 aromatic heterocycles. The summed E-state index contributed by atoms with van der Waals surface area (Å²) < 4.78 is 80.7. The average Bonchev–Trinajstić information content (AvgIpc) is 2.85. The molecule has 0 bridgehead atoms. The van der Waals surface area contributed by atoms with E-state index in [1.54, 1.807) is 0 Å². The lowest BCUT2D eigenvalue weighted by Gasteiger charge is -2.22. The topological polar surface area (TPSA) is 86.7 Å². The Morgan fingerprint density at radius 2 is 1.77 bits per heavy atom. The lowest BCUT2D eigenvalue weighted by Crippen LogP contribution is -2.36. The summed E-state index contributed by atoms with van der Waals surface area (Å²) in [6, 6.07) is 5.24. The Morgan fingerprint density at radius 1 is 1.07 bits per heavy atom. The van der Waals surface area contributed by atoms with Crippen LogP contribution in [0.3, 0.4) is 0 Å². The Kier molecular flexibility index (Phi) is 6.44. The number of rotatable bonds is 4. The third kappa shape index (κ3) is 4.79. The molecule has 6 nitrogen and oxygen atoms in total. The number of β-amino-alcohol motifs (C(OH)–C–C–N with tert-alkyl or cyclic N) is 1. The molecule has 2 aromatic carbocycles. The Bertz CT molecular complexity index is 1060. The summed E-state index contributed by atoms with van der Waals surface area (Å²) in [5, 5.41) is 12.1. The predicted octanol–water partition coefficient (Wildman–Crippen LogP) is 2.84. The highest BCUT2D eigenvalue weighted by Crippen LogP contribution is 2.25. The van der Waals surface area contributed by atoms with Gasteiger partial charge < -0.3 is 10.4 Å². The minimum Gasteiger partial charge on any atom is -0.392 e. The van der Waals surface area contributed by atoms with Crippen LogP contribution in [0.2, 0.25) is 0 Å². The molecular formula is C19H18F4N2O4S. The fourth-order valence-electron chi connectivity index (χ4n) is 3.07. The molecule has 1 fully saturated rings. The van der Waals surface area contributed by atoms with Gasteiger partial charge >= 0.3 is 0 Å². The number of anilines is 1. The summed E-state index contributed by atoms with van der Waals surface area (Å²) in [6.07, 6.45) is -3.03. The van der Waals surface area contributed by atoms with Gasteiger partial charge in [0.2, 0.25) is 10.0 Å². The Hall–Kier alpha value is -2.50. The fraction of sp³-hybridized carbons (Fsp3) is 0.316. The molecule has 1 amide bonds. The maximum atomic E-state index is 14.3. The van der Waals surface area contributed by atoms with Gasteiger partial charge in [-0.1, -0.05) is 0 Å². The molecule has 2 aromatic rings. The third-order valence-corrected chi connectivity index (χ3v) is 6.50. The number of benzene rings is 2. The Labute approximate surface area is 170 Å². The van der Waals surface area contributed by atoms with Gasteiger partial charge in [0.25, 0.3) is 5.91 Å². The first-order valence-corrected chi connectivity index (χ1v) is 10.4. The first-order valence-electron chi connectivity index (χ1n) is 8.96. The van der Waals surface area contributed by atoms with Crippen LogP contribution in [0.4, 0.5) is 23.2 Å². The molecule has 1 aliphatic heterocycles. The number of hydrogen-bond acceptors (Lipinski definition) is 4. The standard InChI is InChI=1S/C19H18F4N2O4S/c20-12-5-6-25(10-14(26)8-12)30(28,29)18-7-11(1-3-16(18)22)19(27)24-13-2-4-15(21)17(23)9-13/h1-4,7,9,12,14,26H,5-6,8,10H2,(H,24,27). The number of sulfonamides is 1. The molecule has 0 radical (unpaired) electrons. The van der Waals surface area contributed by atoms with Crippen molar-refractivity contribution in [3.8, 4) is 0 Å². The number of amides is 1. The van der Waals surface area contributed by atoms with Crippen LogP contribution in [-0.2, 0) is 10.0 Å². The van der Waals surface area contributed by atoms with E-state index in [9.17, 15) is 35.9 Å². The second kappa shape index (κ2) is 8.70. The maximum Gasteiger partial charge on any atom is 0.255 e. The number of aliphatic hydroxyl groups is 1. The Morgan fingerprint density at radius 3 is 2.47 bits per heavy atom. The van der Waals surface area contributed by atoms with Crippen LogP contribution in [0.15, 0.2) is 41.3 Å². The van der Waals surface area contributed by atoms with Crippen molar-refractivity contribution >= 4 is 21.6 Å². The van der Waals surface area contributed by atoms with Gasteiger partial charge in [-0.15, -0.1) is 0 Å². The molecule has 2 N–H and O–H groups in total. The van der Waals surface area contributed by atoms with Crippen LogP contribution in [0.5, 0.6) is 0 Å². The van der Waals surface area contributed by atoms with E-state index in [-0.39, 0.29) is 30.6 Å². The number of nitrogens with zero attached hydrogens (tertiary/aromatic N) is 1. The smallest absolute Gasteiger partial charge is 0.255 e. The van der Waals surface area contributed by atoms with Crippen LogP contribution >= 0.6 is 0 Å². The monoisotopic (exact) mass is 446 g/mol. The van der Waals surface area contributed by atoms with Gasteiger partial charge in [0.05, 0.1) is 6.10 Å². The highest BCUT2D eigenvalue weighted by Gasteiger charge is 2.33. The number of carbonyl (C=O) groups excluding carboxylic acids is 1. The number of nitrogens with one attached hydrogen (secondary N) is 1. The zero-order chi connectivity index (χ0) is 22.1. The minimum absolute atomic E-state index is 0.0859. The van der Waals surface area contributed by atoms with Gasteiger partial charge in [-0.2, -0.15) is 4.31 Å². The van der Waals surface area contributed by atoms with Crippen molar-refractivity contribution < 1.29 is 35.9 Å². The molecule has 30 heavy (non-hydrogen) atoms. The van der Waals surface area contributed by atoms with Crippen molar-refractivity contribution in [2.45, 2.75) is 30.0 Å². The zero-order valence-corrected chi connectivity index (χ0v) is 16.3. The molecule has 0 aliphatic carbocycles. The number of alkyl halides is 1. The van der Waals surface area contributed by atoms with E-state index in [0.717, 1.165) is 40.7 Å². The molecule has 1 heterocycles. The molecular weight excluding hydrogens is 428 g/mol. The summed E-state index contributed by atoms with van der Waals surface area (Å²) in [7, 11) is -4.47. The maximum absolute atomic E-state index is 14.3. The highest BCUT2D eigenvalue weighted by molar-refractivity contribution is 7.89. The quantitative estimate of drug-likeness (QED) is 0.708. The van der Waals surface area contributed by atoms with E-state index in [0.29, 0.717) is 0 Å². The van der Waals surface area contributed by atoms with Crippen molar-refractivity contribution in [1.29, 1.82) is 0 Å². The van der Waals surface area contributed by atoms with Crippen molar-refractivity contribution in [3.63, 3.8) is 0 Å².